The van der Waals surface area contributed by atoms with Crippen LogP contribution >= 0.6 is 11.8 Å². The van der Waals surface area contributed by atoms with E-state index < -0.39 is 0 Å². The molecule has 3 heterocycles. The van der Waals surface area contributed by atoms with E-state index >= 15 is 0 Å². The van der Waals surface area contributed by atoms with Crippen molar-refractivity contribution in [1.82, 2.24) is 19.9 Å². The van der Waals surface area contributed by atoms with Crippen LogP contribution in [0.5, 0.6) is 11.5 Å². The van der Waals surface area contributed by atoms with Gasteiger partial charge in [0.2, 0.25) is 12.7 Å². The Kier molecular flexibility index (Phi) is 6.45. The third kappa shape index (κ3) is 4.81. The van der Waals surface area contributed by atoms with E-state index in [0.717, 1.165) is 74.4 Å². The van der Waals surface area contributed by atoms with Crippen LogP contribution in [0, 0.1) is 0 Å². The van der Waals surface area contributed by atoms with E-state index in [1.807, 2.05) is 22.9 Å². The van der Waals surface area contributed by atoms with Gasteiger partial charge in [0, 0.05) is 38.3 Å². The smallest absolute Gasteiger partial charge is 0.367 e. The molecule has 1 aromatic carbocycles. The van der Waals surface area contributed by atoms with Gasteiger partial charge in [0.15, 0.2) is 11.5 Å². The van der Waals surface area contributed by atoms with Gasteiger partial charge in [-0.15, -0.1) is 0 Å². The first-order chi connectivity index (χ1) is 16.1. The molecule has 0 unspecified atom stereocenters. The summed E-state index contributed by atoms with van der Waals surface area (Å²) in [5.41, 5.74) is 2.92. The zero-order valence-corrected chi connectivity index (χ0v) is 19.7. The topological polar surface area (TPSA) is 88.9 Å². The van der Waals surface area contributed by atoms with Crippen molar-refractivity contribution in [2.24, 2.45) is 0 Å². The molecule has 0 atom stereocenters. The summed E-state index contributed by atoms with van der Waals surface area (Å²) in [7, 11) is 2.10. The number of nitrogens with one attached hydrogen (secondary N) is 1. The fourth-order valence-corrected chi connectivity index (χ4v) is 5.42. The second-order valence-corrected chi connectivity index (χ2v) is 9.62. The molecule has 1 aliphatic carbocycles. The largest absolute Gasteiger partial charge is 0.454 e. The molecule has 1 fully saturated rings. The van der Waals surface area contributed by atoms with E-state index in [2.05, 4.69) is 27.3 Å². The first-order valence-electron chi connectivity index (χ1n) is 11.4. The Morgan fingerprint density at radius 3 is 2.76 bits per heavy atom. The number of hydrogen-bond acceptors (Lipinski definition) is 8. The highest BCUT2D eigenvalue weighted by Crippen LogP contribution is 2.32. The van der Waals surface area contributed by atoms with Gasteiger partial charge in [-0.05, 0) is 50.4 Å². The Bertz CT molecular complexity index is 1100. The van der Waals surface area contributed by atoms with Crippen LogP contribution in [-0.4, -0.2) is 66.2 Å². The summed E-state index contributed by atoms with van der Waals surface area (Å²) in [6.07, 6.45) is 3.94. The van der Waals surface area contributed by atoms with E-state index in [0.29, 0.717) is 17.3 Å². The Morgan fingerprint density at radius 1 is 1.12 bits per heavy atom. The van der Waals surface area contributed by atoms with Crippen molar-refractivity contribution in [2.45, 2.75) is 37.3 Å². The second-order valence-electron chi connectivity index (χ2n) is 8.65. The van der Waals surface area contributed by atoms with Crippen LogP contribution in [0.3, 0.4) is 0 Å². The number of fused-ring (bicyclic) bond motifs is 2. The van der Waals surface area contributed by atoms with Crippen LogP contribution in [0.25, 0.3) is 0 Å². The molecule has 33 heavy (non-hydrogen) atoms. The molecular weight excluding hydrogens is 442 g/mol. The highest BCUT2D eigenvalue weighted by Gasteiger charge is 2.25. The lowest BCUT2D eigenvalue weighted by Gasteiger charge is -2.37. The van der Waals surface area contributed by atoms with Gasteiger partial charge in [-0.25, -0.2) is 9.47 Å². The maximum atomic E-state index is 13.0. The number of nitrogens with zero attached hydrogens (tertiary/aromatic N) is 4. The molecule has 9 nitrogen and oxygen atoms in total. The van der Waals surface area contributed by atoms with Crippen molar-refractivity contribution in [1.29, 1.82) is 0 Å². The first-order valence-corrected chi connectivity index (χ1v) is 12.4. The lowest BCUT2D eigenvalue weighted by Crippen LogP contribution is -2.55. The molecule has 0 spiro atoms. The average Bonchev–Trinajstić information content (AvgIpc) is 3.30. The van der Waals surface area contributed by atoms with Crippen LogP contribution in [-0.2, 0) is 24.2 Å². The number of thioether (sulfide) groups is 1. The summed E-state index contributed by atoms with van der Waals surface area (Å²) >= 11 is 1.36. The number of likely N-dealkylation sites (N-methyl/N-ethyl adjacent to an activating group) is 1. The normalized spacial score (nSPS) is 17.7. The minimum absolute atomic E-state index is 0.0905. The van der Waals surface area contributed by atoms with Crippen molar-refractivity contribution < 1.29 is 14.3 Å². The maximum absolute atomic E-state index is 13.0. The van der Waals surface area contributed by atoms with E-state index in [9.17, 15) is 9.59 Å². The zero-order chi connectivity index (χ0) is 22.8. The lowest BCUT2D eigenvalue weighted by atomic mass is 9.97. The minimum Gasteiger partial charge on any atom is -0.454 e. The van der Waals surface area contributed by atoms with Gasteiger partial charge in [0.25, 0.3) is 0 Å². The van der Waals surface area contributed by atoms with Gasteiger partial charge in [0.1, 0.15) is 5.03 Å². The van der Waals surface area contributed by atoms with E-state index in [1.54, 1.807) is 0 Å². The Labute approximate surface area is 197 Å². The van der Waals surface area contributed by atoms with E-state index in [4.69, 9.17) is 9.47 Å². The molecule has 176 valence electrons. The quantitative estimate of drug-likeness (QED) is 0.496. The number of aromatic nitrogens is 2. The first kappa shape index (κ1) is 22.1. The number of ether oxygens (including phenoxy) is 2. The second kappa shape index (κ2) is 9.64. The van der Waals surface area contributed by atoms with Crippen LogP contribution in [0.2, 0.25) is 0 Å². The van der Waals surface area contributed by atoms with Gasteiger partial charge in [0.05, 0.1) is 11.4 Å². The Hall–Kier alpha value is -2.72. The summed E-state index contributed by atoms with van der Waals surface area (Å²) < 4.78 is 12.5. The van der Waals surface area contributed by atoms with Gasteiger partial charge in [-0.2, -0.15) is 4.98 Å². The van der Waals surface area contributed by atoms with Gasteiger partial charge in [-0.3, -0.25) is 4.79 Å². The fourth-order valence-electron chi connectivity index (χ4n) is 4.51. The predicted octanol–water partition coefficient (Wildman–Crippen LogP) is 1.14. The standard InChI is InChI=1S/C23H29N5O4S/c1-26-8-10-27(11-9-26)28-18-5-3-2-4-17(18)22(25-23(28)30)33-14-21(29)24-13-16-6-7-19-20(12-16)32-15-31-19/h6-7,12H,2-5,8-11,13-15H2,1H3,(H,24,29). The maximum Gasteiger partial charge on any atom is 0.367 e. The van der Waals surface area contributed by atoms with Crippen molar-refractivity contribution in [3.8, 4) is 11.5 Å². The highest BCUT2D eigenvalue weighted by atomic mass is 32.2. The third-order valence-electron chi connectivity index (χ3n) is 6.36. The lowest BCUT2D eigenvalue weighted by molar-refractivity contribution is -0.118. The summed E-state index contributed by atoms with van der Waals surface area (Å²) in [5, 5.41) is 5.78. The SMILES string of the molecule is CN1CCN(n2c3c(c(SCC(=O)NCc4ccc5c(c4)OCO5)nc2=O)CCCC3)CC1. The van der Waals surface area contributed by atoms with Crippen molar-refractivity contribution in [3.63, 3.8) is 0 Å². The Balaban J connectivity index is 1.25. The highest BCUT2D eigenvalue weighted by molar-refractivity contribution is 7.99. The number of rotatable bonds is 6. The number of piperazine rings is 1. The third-order valence-corrected chi connectivity index (χ3v) is 7.38. The summed E-state index contributed by atoms with van der Waals surface area (Å²) in [6, 6.07) is 5.65. The van der Waals surface area contributed by atoms with Crippen molar-refractivity contribution in [2.75, 3.05) is 50.8 Å². The number of benzene rings is 1. The molecule has 1 aromatic heterocycles. The minimum atomic E-state index is -0.233. The van der Waals surface area contributed by atoms with Crippen LogP contribution in [0.1, 0.15) is 29.7 Å². The number of carbonyl (C=O) groups is 1. The summed E-state index contributed by atoms with van der Waals surface area (Å²) in [4.78, 5) is 32.2. The molecule has 1 saturated heterocycles. The van der Waals surface area contributed by atoms with E-state index in [1.165, 1.54) is 11.8 Å². The molecule has 2 aliphatic heterocycles. The monoisotopic (exact) mass is 471 g/mol. The van der Waals surface area contributed by atoms with Crippen LogP contribution in [0.4, 0.5) is 0 Å². The molecule has 1 N–H and O–H groups in total. The molecule has 0 bridgehead atoms. The van der Waals surface area contributed by atoms with Crippen LogP contribution < -0.4 is 25.5 Å². The van der Waals surface area contributed by atoms with Gasteiger partial charge in [-0.1, -0.05) is 17.8 Å². The number of hydrogen-bond donors (Lipinski definition) is 1. The summed E-state index contributed by atoms with van der Waals surface area (Å²) in [5.74, 6) is 1.56. The molecule has 0 radical (unpaired) electrons. The van der Waals surface area contributed by atoms with Crippen LogP contribution in [0.15, 0.2) is 28.0 Å². The zero-order valence-electron chi connectivity index (χ0n) is 18.8. The van der Waals surface area contributed by atoms with Crippen molar-refractivity contribution >= 4 is 17.7 Å². The molecule has 3 aliphatic rings. The van der Waals surface area contributed by atoms with E-state index in [-0.39, 0.29) is 24.1 Å². The van der Waals surface area contributed by atoms with Crippen molar-refractivity contribution in [3.05, 3.63) is 45.5 Å². The fraction of sp³-hybridized carbons (Fsp3) is 0.522. The number of amides is 1. The molecule has 1 amide bonds. The average molecular weight is 472 g/mol. The molecule has 2 aromatic rings. The molecular formula is C23H29N5O4S. The van der Waals surface area contributed by atoms with Gasteiger partial charge >= 0.3 is 5.69 Å². The molecule has 5 rings (SSSR count). The number of carbonyl (C=O) groups excluding carboxylic acids is 1. The molecule has 10 heteroatoms. The Morgan fingerprint density at radius 2 is 1.91 bits per heavy atom. The predicted molar refractivity (Wildman–Crippen MR) is 126 cm³/mol. The molecule has 0 saturated carbocycles. The summed E-state index contributed by atoms with van der Waals surface area (Å²) in [6.45, 7) is 4.14. The van der Waals surface area contributed by atoms with Gasteiger partial charge < -0.3 is 24.7 Å².